The number of hydrogen-bond donors (Lipinski definition) is 1. The summed E-state index contributed by atoms with van der Waals surface area (Å²) >= 11 is 0. The second-order valence-corrected chi connectivity index (χ2v) is 5.01. The fraction of sp³-hybridized carbons (Fsp3) is 0.625. The summed E-state index contributed by atoms with van der Waals surface area (Å²) in [5.74, 6) is 0. The van der Waals surface area contributed by atoms with E-state index >= 15 is 0 Å². The average Bonchev–Trinajstić information content (AvgIpc) is 2.38. The Morgan fingerprint density at radius 3 is 2.61 bits per heavy atom. The van der Waals surface area contributed by atoms with Crippen LogP contribution in [0.25, 0.3) is 0 Å². The van der Waals surface area contributed by atoms with Crippen LogP contribution in [0.1, 0.15) is 50.3 Å². The van der Waals surface area contributed by atoms with Gasteiger partial charge in [-0.25, -0.2) is 0 Å². The van der Waals surface area contributed by atoms with Crippen molar-refractivity contribution in [2.45, 2.75) is 46.1 Å². The Morgan fingerprint density at radius 2 is 2.00 bits per heavy atom. The first kappa shape index (κ1) is 15.2. The van der Waals surface area contributed by atoms with Gasteiger partial charge in [0.2, 0.25) is 0 Å². The minimum absolute atomic E-state index is 0.333. The van der Waals surface area contributed by atoms with E-state index in [1.165, 1.54) is 18.4 Å². The molecule has 0 heterocycles. The van der Waals surface area contributed by atoms with Gasteiger partial charge in [-0.1, -0.05) is 50.1 Å². The predicted molar refractivity (Wildman–Crippen MR) is 77.8 cm³/mol. The molecule has 1 aromatic rings. The second kappa shape index (κ2) is 8.28. The molecule has 1 unspecified atom stereocenters. The van der Waals surface area contributed by atoms with Crippen molar-refractivity contribution in [1.29, 1.82) is 0 Å². The van der Waals surface area contributed by atoms with Gasteiger partial charge >= 0.3 is 0 Å². The van der Waals surface area contributed by atoms with Gasteiger partial charge in [-0.3, -0.25) is 0 Å². The third-order valence-corrected chi connectivity index (χ3v) is 3.42. The fourth-order valence-corrected chi connectivity index (χ4v) is 2.16. The van der Waals surface area contributed by atoms with Gasteiger partial charge < -0.3 is 10.0 Å². The summed E-state index contributed by atoms with van der Waals surface area (Å²) < 4.78 is 0. The molecule has 0 radical (unpaired) electrons. The van der Waals surface area contributed by atoms with Gasteiger partial charge in [0.25, 0.3) is 0 Å². The van der Waals surface area contributed by atoms with Crippen molar-refractivity contribution in [2.75, 3.05) is 19.6 Å². The summed E-state index contributed by atoms with van der Waals surface area (Å²) in [4.78, 5) is 2.42. The molecule has 0 aliphatic rings. The van der Waals surface area contributed by atoms with Crippen LogP contribution in [0.4, 0.5) is 0 Å². The van der Waals surface area contributed by atoms with Gasteiger partial charge in [0.15, 0.2) is 0 Å². The molecular formula is C16H27NO. The highest BCUT2D eigenvalue weighted by Gasteiger charge is 2.09. The molecule has 0 aliphatic heterocycles. The van der Waals surface area contributed by atoms with Crippen molar-refractivity contribution in [3.8, 4) is 0 Å². The van der Waals surface area contributed by atoms with Crippen molar-refractivity contribution in [1.82, 2.24) is 4.90 Å². The van der Waals surface area contributed by atoms with Gasteiger partial charge in [0.05, 0.1) is 6.10 Å². The van der Waals surface area contributed by atoms with Crippen molar-refractivity contribution in [3.05, 3.63) is 35.4 Å². The highest BCUT2D eigenvalue weighted by Crippen LogP contribution is 2.18. The largest absolute Gasteiger partial charge is 0.388 e. The normalized spacial score (nSPS) is 12.9. The lowest BCUT2D eigenvalue weighted by atomic mass is 10.0. The fourth-order valence-electron chi connectivity index (χ4n) is 2.16. The summed E-state index contributed by atoms with van der Waals surface area (Å²) in [6, 6.07) is 8.17. The topological polar surface area (TPSA) is 23.5 Å². The van der Waals surface area contributed by atoms with Crippen molar-refractivity contribution >= 4 is 0 Å². The smallest absolute Gasteiger partial charge is 0.0802 e. The lowest BCUT2D eigenvalue weighted by molar-refractivity contribution is 0.143. The van der Waals surface area contributed by atoms with Gasteiger partial charge in [-0.2, -0.15) is 0 Å². The zero-order valence-corrected chi connectivity index (χ0v) is 12.0. The lowest BCUT2D eigenvalue weighted by Crippen LogP contribution is -2.26. The zero-order valence-electron chi connectivity index (χ0n) is 12.0. The number of benzene rings is 1. The van der Waals surface area contributed by atoms with Gasteiger partial charge in [0, 0.05) is 6.54 Å². The minimum atomic E-state index is -0.333. The Morgan fingerprint density at radius 1 is 1.22 bits per heavy atom. The van der Waals surface area contributed by atoms with Crippen LogP contribution >= 0.6 is 0 Å². The molecule has 0 saturated carbocycles. The molecule has 0 aromatic heterocycles. The van der Waals surface area contributed by atoms with Crippen LogP contribution in [-0.4, -0.2) is 29.6 Å². The van der Waals surface area contributed by atoms with Crippen LogP contribution < -0.4 is 0 Å². The molecule has 0 aliphatic carbocycles. The predicted octanol–water partition coefficient (Wildman–Crippen LogP) is 3.54. The van der Waals surface area contributed by atoms with Crippen LogP contribution in [-0.2, 0) is 0 Å². The molecular weight excluding hydrogens is 222 g/mol. The summed E-state index contributed by atoms with van der Waals surface area (Å²) in [6.07, 6.45) is 2.97. The molecule has 0 amide bonds. The monoisotopic (exact) mass is 249 g/mol. The molecule has 0 bridgehead atoms. The van der Waals surface area contributed by atoms with E-state index in [4.69, 9.17) is 0 Å². The molecule has 18 heavy (non-hydrogen) atoms. The number of hydrogen-bond acceptors (Lipinski definition) is 2. The number of nitrogens with zero attached hydrogens (tertiary/aromatic N) is 1. The van der Waals surface area contributed by atoms with E-state index in [0.717, 1.165) is 31.6 Å². The van der Waals surface area contributed by atoms with Crippen LogP contribution in [0.3, 0.4) is 0 Å². The molecule has 1 aromatic carbocycles. The Bertz CT molecular complexity index is 338. The third kappa shape index (κ3) is 5.19. The molecule has 2 nitrogen and oxygen atoms in total. The minimum Gasteiger partial charge on any atom is -0.388 e. The summed E-state index contributed by atoms with van der Waals surface area (Å²) in [6.45, 7) is 9.67. The van der Waals surface area contributed by atoms with Crippen LogP contribution in [0, 0.1) is 6.92 Å². The van der Waals surface area contributed by atoms with Crippen molar-refractivity contribution in [3.63, 3.8) is 0 Å². The van der Waals surface area contributed by atoms with Crippen molar-refractivity contribution < 1.29 is 5.11 Å². The Hall–Kier alpha value is -0.860. The molecule has 0 fully saturated rings. The maximum absolute atomic E-state index is 10.2. The Labute approximate surface area is 112 Å². The quantitative estimate of drug-likeness (QED) is 0.761. The second-order valence-electron chi connectivity index (χ2n) is 5.01. The molecule has 102 valence electrons. The highest BCUT2D eigenvalue weighted by atomic mass is 16.3. The standard InChI is InChI=1S/C16H27NO/c1-4-6-11-17(5-2)12-10-16(18)15-9-7-8-14(3)13-15/h7-9,13,16,18H,4-6,10-12H2,1-3H3. The van der Waals surface area contributed by atoms with E-state index in [1.54, 1.807) is 0 Å². The number of aryl methyl sites for hydroxylation is 1. The molecule has 0 saturated heterocycles. The summed E-state index contributed by atoms with van der Waals surface area (Å²) in [5, 5.41) is 10.2. The zero-order chi connectivity index (χ0) is 13.4. The summed E-state index contributed by atoms with van der Waals surface area (Å²) in [7, 11) is 0. The number of rotatable bonds is 8. The van der Waals surface area contributed by atoms with Crippen LogP contribution in [0.5, 0.6) is 0 Å². The maximum Gasteiger partial charge on any atom is 0.0802 e. The van der Waals surface area contributed by atoms with Gasteiger partial charge in [0.1, 0.15) is 0 Å². The van der Waals surface area contributed by atoms with E-state index in [2.05, 4.69) is 37.8 Å². The Balaban J connectivity index is 2.42. The third-order valence-electron chi connectivity index (χ3n) is 3.42. The SMILES string of the molecule is CCCCN(CC)CCC(O)c1cccc(C)c1. The number of unbranched alkanes of at least 4 members (excludes halogenated alkanes) is 1. The Kier molecular flexibility index (Phi) is 6.99. The van der Waals surface area contributed by atoms with E-state index in [9.17, 15) is 5.11 Å². The average molecular weight is 249 g/mol. The number of aliphatic hydroxyl groups is 1. The van der Waals surface area contributed by atoms with Gasteiger partial charge in [-0.05, 0) is 38.4 Å². The molecule has 1 N–H and O–H groups in total. The maximum atomic E-state index is 10.2. The van der Waals surface area contributed by atoms with E-state index in [0.29, 0.717) is 0 Å². The molecule has 0 spiro atoms. The van der Waals surface area contributed by atoms with Crippen LogP contribution in [0.15, 0.2) is 24.3 Å². The summed E-state index contributed by atoms with van der Waals surface area (Å²) in [5.41, 5.74) is 2.26. The van der Waals surface area contributed by atoms with E-state index < -0.39 is 0 Å². The number of aliphatic hydroxyl groups excluding tert-OH is 1. The van der Waals surface area contributed by atoms with Crippen LogP contribution in [0.2, 0.25) is 0 Å². The molecule has 2 heteroatoms. The first-order chi connectivity index (χ1) is 8.67. The van der Waals surface area contributed by atoms with E-state index in [1.807, 2.05) is 12.1 Å². The molecule has 1 rings (SSSR count). The van der Waals surface area contributed by atoms with Crippen molar-refractivity contribution in [2.24, 2.45) is 0 Å². The van der Waals surface area contributed by atoms with Gasteiger partial charge in [-0.15, -0.1) is 0 Å². The lowest BCUT2D eigenvalue weighted by Gasteiger charge is -2.22. The van der Waals surface area contributed by atoms with E-state index in [-0.39, 0.29) is 6.10 Å². The first-order valence-electron chi connectivity index (χ1n) is 7.14. The molecule has 1 atom stereocenters. The highest BCUT2D eigenvalue weighted by molar-refractivity contribution is 5.23. The first-order valence-corrected chi connectivity index (χ1v) is 7.14.